The summed E-state index contributed by atoms with van der Waals surface area (Å²) in [5.74, 6) is 0.810. The minimum Gasteiger partial charge on any atom is -0.342 e. The van der Waals surface area contributed by atoms with E-state index in [9.17, 15) is 14.0 Å². The quantitative estimate of drug-likeness (QED) is 0.897. The van der Waals surface area contributed by atoms with Crippen molar-refractivity contribution in [2.45, 2.75) is 43.9 Å². The van der Waals surface area contributed by atoms with Crippen molar-refractivity contribution in [1.82, 2.24) is 10.2 Å². The molecule has 2 heterocycles. The highest BCUT2D eigenvalue weighted by molar-refractivity contribution is 8.01. The van der Waals surface area contributed by atoms with Gasteiger partial charge in [-0.05, 0) is 50.7 Å². The van der Waals surface area contributed by atoms with Gasteiger partial charge in [0.25, 0.3) is 0 Å². The van der Waals surface area contributed by atoms with E-state index < -0.39 is 10.8 Å². The lowest BCUT2D eigenvalue weighted by Gasteiger charge is -2.38. The molecule has 2 aliphatic rings. The second kappa shape index (κ2) is 7.36. The van der Waals surface area contributed by atoms with E-state index in [1.165, 1.54) is 17.8 Å². The van der Waals surface area contributed by atoms with Crippen molar-refractivity contribution in [3.8, 4) is 0 Å². The van der Waals surface area contributed by atoms with E-state index in [2.05, 4.69) is 5.32 Å². The third kappa shape index (κ3) is 4.17. The van der Waals surface area contributed by atoms with Crippen LogP contribution in [0.3, 0.4) is 0 Å². The fourth-order valence-electron chi connectivity index (χ4n) is 3.42. The summed E-state index contributed by atoms with van der Waals surface area (Å²) in [5.41, 5.74) is 0.755. The van der Waals surface area contributed by atoms with Crippen molar-refractivity contribution in [2.24, 2.45) is 5.92 Å². The molecule has 0 aromatic heterocycles. The molecule has 2 fully saturated rings. The molecule has 2 saturated heterocycles. The van der Waals surface area contributed by atoms with Gasteiger partial charge in [-0.25, -0.2) is 4.39 Å². The molecule has 0 aliphatic carbocycles. The lowest BCUT2D eigenvalue weighted by atomic mass is 9.90. The summed E-state index contributed by atoms with van der Waals surface area (Å²) in [6.07, 6.45) is 2.47. The molecule has 1 aromatic carbocycles. The minimum absolute atomic E-state index is 0.0145. The van der Waals surface area contributed by atoms with Crippen LogP contribution in [0.5, 0.6) is 0 Å². The van der Waals surface area contributed by atoms with E-state index in [1.54, 1.807) is 6.07 Å². The molecule has 2 amide bonds. The number of amides is 2. The Kier molecular flexibility index (Phi) is 5.37. The lowest BCUT2D eigenvalue weighted by Crippen LogP contribution is -2.58. The zero-order valence-corrected chi connectivity index (χ0v) is 15.6. The Hall–Kier alpha value is -1.56. The van der Waals surface area contributed by atoms with Crippen molar-refractivity contribution in [1.29, 1.82) is 0 Å². The number of nitrogens with zero attached hydrogens (tertiary/aromatic N) is 1. The van der Waals surface area contributed by atoms with Crippen molar-refractivity contribution >= 4 is 23.6 Å². The van der Waals surface area contributed by atoms with Crippen LogP contribution < -0.4 is 5.32 Å². The summed E-state index contributed by atoms with van der Waals surface area (Å²) in [5, 5.41) is 2.86. The number of nitrogens with one attached hydrogen (secondary N) is 1. The highest BCUT2D eigenvalue weighted by Crippen LogP contribution is 2.30. The van der Waals surface area contributed by atoms with Gasteiger partial charge in [0.15, 0.2) is 0 Å². The molecule has 136 valence electrons. The molecule has 25 heavy (non-hydrogen) atoms. The molecule has 2 aliphatic heterocycles. The van der Waals surface area contributed by atoms with Crippen LogP contribution >= 0.6 is 11.8 Å². The lowest BCUT2D eigenvalue weighted by molar-refractivity contribution is -0.137. The fourth-order valence-corrected chi connectivity index (χ4v) is 4.42. The molecule has 6 heteroatoms. The molecule has 1 atom stereocenters. The van der Waals surface area contributed by atoms with Gasteiger partial charge in [0, 0.05) is 18.8 Å². The molecular weight excluding hydrogens is 339 g/mol. The van der Waals surface area contributed by atoms with Crippen LogP contribution in [0.4, 0.5) is 4.39 Å². The molecule has 1 N–H and O–H groups in total. The Morgan fingerprint density at radius 1 is 1.32 bits per heavy atom. The third-order valence-electron chi connectivity index (χ3n) is 5.15. The summed E-state index contributed by atoms with van der Waals surface area (Å²) < 4.78 is 13.3. The summed E-state index contributed by atoms with van der Waals surface area (Å²) in [7, 11) is 0. The van der Waals surface area contributed by atoms with E-state index in [1.807, 2.05) is 30.9 Å². The number of hydrogen-bond acceptors (Lipinski definition) is 3. The molecule has 1 aromatic rings. The molecule has 0 spiro atoms. The van der Waals surface area contributed by atoms with Crippen LogP contribution in [-0.2, 0) is 16.0 Å². The Morgan fingerprint density at radius 2 is 2.00 bits per heavy atom. The van der Waals surface area contributed by atoms with E-state index in [0.29, 0.717) is 24.8 Å². The predicted molar refractivity (Wildman–Crippen MR) is 97.9 cm³/mol. The van der Waals surface area contributed by atoms with Gasteiger partial charge in [-0.15, -0.1) is 11.8 Å². The number of likely N-dealkylation sites (tertiary alicyclic amines) is 1. The van der Waals surface area contributed by atoms with Gasteiger partial charge in [0.05, 0.1) is 4.75 Å². The van der Waals surface area contributed by atoms with Gasteiger partial charge in [-0.3, -0.25) is 9.59 Å². The number of halogens is 1. The average molecular weight is 364 g/mol. The number of piperidine rings is 1. The van der Waals surface area contributed by atoms with Crippen LogP contribution in [-0.4, -0.2) is 46.3 Å². The normalized spacial score (nSPS) is 24.0. The SMILES string of the molecule is CC1(C)SCC(C(=O)N2CCC(Cc3ccccc3F)CC2)NC1=O. The average Bonchev–Trinajstić information content (AvgIpc) is 2.59. The fraction of sp³-hybridized carbons (Fsp3) is 0.579. The van der Waals surface area contributed by atoms with E-state index in [-0.39, 0.29) is 17.6 Å². The first-order valence-electron chi connectivity index (χ1n) is 8.84. The summed E-state index contributed by atoms with van der Waals surface area (Å²) >= 11 is 1.53. The molecule has 4 nitrogen and oxygen atoms in total. The monoisotopic (exact) mass is 364 g/mol. The first-order chi connectivity index (χ1) is 11.9. The largest absolute Gasteiger partial charge is 0.342 e. The Morgan fingerprint density at radius 3 is 2.64 bits per heavy atom. The topological polar surface area (TPSA) is 49.4 Å². The first kappa shape index (κ1) is 18.2. The van der Waals surface area contributed by atoms with Gasteiger partial charge in [0.2, 0.25) is 11.8 Å². The summed E-state index contributed by atoms with van der Waals surface area (Å²) in [4.78, 5) is 26.6. The van der Waals surface area contributed by atoms with E-state index in [0.717, 1.165) is 24.8 Å². The zero-order valence-electron chi connectivity index (χ0n) is 14.8. The smallest absolute Gasteiger partial charge is 0.246 e. The van der Waals surface area contributed by atoms with Crippen LogP contribution in [0, 0.1) is 11.7 Å². The maximum Gasteiger partial charge on any atom is 0.246 e. The molecule has 0 radical (unpaired) electrons. The van der Waals surface area contributed by atoms with Crippen molar-refractivity contribution < 1.29 is 14.0 Å². The van der Waals surface area contributed by atoms with Crippen molar-refractivity contribution in [3.05, 3.63) is 35.6 Å². The van der Waals surface area contributed by atoms with Gasteiger partial charge in [-0.1, -0.05) is 18.2 Å². The van der Waals surface area contributed by atoms with Crippen LogP contribution in [0.25, 0.3) is 0 Å². The van der Waals surface area contributed by atoms with Gasteiger partial charge in [0.1, 0.15) is 11.9 Å². The van der Waals surface area contributed by atoms with Crippen LogP contribution in [0.2, 0.25) is 0 Å². The second-order valence-electron chi connectivity index (χ2n) is 7.41. The van der Waals surface area contributed by atoms with Crippen LogP contribution in [0.15, 0.2) is 24.3 Å². The van der Waals surface area contributed by atoms with Gasteiger partial charge in [-0.2, -0.15) is 0 Å². The number of benzene rings is 1. The molecule has 0 bridgehead atoms. The number of thioether (sulfide) groups is 1. The maximum atomic E-state index is 13.8. The number of hydrogen-bond donors (Lipinski definition) is 1. The Bertz CT molecular complexity index is 657. The van der Waals surface area contributed by atoms with Gasteiger partial charge >= 0.3 is 0 Å². The molecule has 1 unspecified atom stereocenters. The highest BCUT2D eigenvalue weighted by atomic mass is 32.2. The molecule has 3 rings (SSSR count). The maximum absolute atomic E-state index is 13.8. The van der Waals surface area contributed by atoms with Crippen molar-refractivity contribution in [2.75, 3.05) is 18.8 Å². The molecular formula is C19H25FN2O2S. The van der Waals surface area contributed by atoms with E-state index in [4.69, 9.17) is 0 Å². The third-order valence-corrected chi connectivity index (χ3v) is 6.56. The molecule has 0 saturated carbocycles. The minimum atomic E-state index is -0.469. The standard InChI is InChI=1S/C19H25FN2O2S/c1-19(2)18(24)21-16(12-25-19)17(23)22-9-7-13(8-10-22)11-14-5-3-4-6-15(14)20/h3-6,13,16H,7-12H2,1-2H3,(H,21,24). The first-order valence-corrected chi connectivity index (χ1v) is 9.82. The zero-order chi connectivity index (χ0) is 18.0. The second-order valence-corrected chi connectivity index (χ2v) is 9.05. The highest BCUT2D eigenvalue weighted by Gasteiger charge is 2.39. The summed E-state index contributed by atoms with van der Waals surface area (Å²) in [6.45, 7) is 5.11. The Labute approximate surface area is 152 Å². The van der Waals surface area contributed by atoms with E-state index >= 15 is 0 Å². The number of rotatable bonds is 3. The Balaban J connectivity index is 1.51. The van der Waals surface area contributed by atoms with Crippen LogP contribution in [0.1, 0.15) is 32.3 Å². The number of carbonyl (C=O) groups is 2. The predicted octanol–water partition coefficient (Wildman–Crippen LogP) is 2.62. The number of carbonyl (C=O) groups excluding carboxylic acids is 2. The van der Waals surface area contributed by atoms with Gasteiger partial charge < -0.3 is 10.2 Å². The summed E-state index contributed by atoms with van der Waals surface area (Å²) in [6, 6.07) is 6.48. The van der Waals surface area contributed by atoms with Crippen molar-refractivity contribution in [3.63, 3.8) is 0 Å².